The van der Waals surface area contributed by atoms with Crippen LogP contribution in [0, 0.1) is 0 Å². The molecule has 1 atom stereocenters. The molecule has 1 heterocycles. The van der Waals surface area contributed by atoms with E-state index in [2.05, 4.69) is 0 Å². The molecule has 0 spiro atoms. The molecule has 2 rings (SSSR count). The number of fused-ring (bicyclic) bond motifs is 1. The number of ether oxygens (including phenoxy) is 1. The number of hydrogen-bond acceptors (Lipinski definition) is 2. The molecule has 3 nitrogen and oxygen atoms in total. The molecule has 0 amide bonds. The molecule has 0 saturated heterocycles. The lowest BCUT2D eigenvalue weighted by Crippen LogP contribution is -2.20. The first-order valence-electron chi connectivity index (χ1n) is 3.85. The van der Waals surface area contributed by atoms with Gasteiger partial charge in [0.05, 0.1) is 6.61 Å². The molecule has 1 aliphatic heterocycles. The van der Waals surface area contributed by atoms with Crippen molar-refractivity contribution in [1.29, 1.82) is 0 Å². The van der Waals surface area contributed by atoms with Gasteiger partial charge in [-0.25, -0.2) is 0 Å². The van der Waals surface area contributed by atoms with Gasteiger partial charge in [0.25, 0.3) is 0 Å². The Balaban J connectivity index is 0.000000720. The number of hydrogen-bond donors (Lipinski definition) is 1. The number of para-hydroxylation sites is 1. The van der Waals surface area contributed by atoms with E-state index < -0.39 is 0 Å². The van der Waals surface area contributed by atoms with E-state index in [-0.39, 0.29) is 11.5 Å². The molecule has 0 saturated carbocycles. The highest BCUT2D eigenvalue weighted by molar-refractivity contribution is 5.36. The summed E-state index contributed by atoms with van der Waals surface area (Å²) in [5.41, 5.74) is 7.00. The van der Waals surface area contributed by atoms with Crippen LogP contribution in [-0.2, 0) is 0 Å². The monoisotopic (exact) mass is 167 g/mol. The van der Waals surface area contributed by atoms with Gasteiger partial charge < -0.3 is 15.9 Å². The molecular weight excluding hydrogens is 154 g/mol. The van der Waals surface area contributed by atoms with Crippen LogP contribution in [-0.4, -0.2) is 12.1 Å². The van der Waals surface area contributed by atoms with Crippen molar-refractivity contribution in [2.24, 2.45) is 5.73 Å². The Kier molecular flexibility index (Phi) is 2.68. The van der Waals surface area contributed by atoms with Crippen LogP contribution in [0.4, 0.5) is 0 Å². The average molecular weight is 167 g/mol. The summed E-state index contributed by atoms with van der Waals surface area (Å²) in [7, 11) is 0. The van der Waals surface area contributed by atoms with Gasteiger partial charge in [-0.1, -0.05) is 18.2 Å². The standard InChI is InChI=1S/C9H11NO.H2O/c10-8-5-6-11-9-4-2-1-3-7(8)9;/h1-4,8H,5-6,10H2;1H2. The highest BCUT2D eigenvalue weighted by Crippen LogP contribution is 2.29. The maximum atomic E-state index is 5.87. The number of rotatable bonds is 0. The first-order valence-corrected chi connectivity index (χ1v) is 3.85. The molecule has 0 radical (unpaired) electrons. The fourth-order valence-electron chi connectivity index (χ4n) is 1.37. The predicted molar refractivity (Wildman–Crippen MR) is 47.1 cm³/mol. The smallest absolute Gasteiger partial charge is 0.124 e. The molecule has 1 aromatic carbocycles. The van der Waals surface area contributed by atoms with Gasteiger partial charge in [-0.05, 0) is 6.07 Å². The highest BCUT2D eigenvalue weighted by Gasteiger charge is 2.16. The third-order valence-electron chi connectivity index (χ3n) is 2.00. The van der Waals surface area contributed by atoms with Crippen LogP contribution in [0.5, 0.6) is 5.75 Å². The Morgan fingerprint density at radius 3 is 2.83 bits per heavy atom. The first-order chi connectivity index (χ1) is 5.38. The molecule has 0 fully saturated rings. The minimum absolute atomic E-state index is 0. The molecule has 12 heavy (non-hydrogen) atoms. The lowest BCUT2D eigenvalue weighted by atomic mass is 10.0. The van der Waals surface area contributed by atoms with Gasteiger partial charge in [0.2, 0.25) is 0 Å². The summed E-state index contributed by atoms with van der Waals surface area (Å²) >= 11 is 0. The molecule has 4 N–H and O–H groups in total. The molecule has 0 bridgehead atoms. The predicted octanol–water partition coefficient (Wildman–Crippen LogP) is 0.644. The largest absolute Gasteiger partial charge is 0.493 e. The normalized spacial score (nSPS) is 20.2. The molecule has 0 aromatic heterocycles. The van der Waals surface area contributed by atoms with Gasteiger partial charge >= 0.3 is 0 Å². The Labute approximate surface area is 71.5 Å². The van der Waals surface area contributed by atoms with Crippen molar-refractivity contribution in [2.45, 2.75) is 12.5 Å². The van der Waals surface area contributed by atoms with E-state index in [0.717, 1.165) is 24.3 Å². The van der Waals surface area contributed by atoms with Crippen molar-refractivity contribution < 1.29 is 10.2 Å². The summed E-state index contributed by atoms with van der Waals surface area (Å²) in [5, 5.41) is 0. The van der Waals surface area contributed by atoms with Crippen LogP contribution in [0.2, 0.25) is 0 Å². The van der Waals surface area contributed by atoms with Crippen LogP contribution >= 0.6 is 0 Å². The molecule has 1 aliphatic rings. The van der Waals surface area contributed by atoms with Gasteiger partial charge in [0.15, 0.2) is 0 Å². The SMILES string of the molecule is NC1CCOc2ccccc21.O. The van der Waals surface area contributed by atoms with Crippen molar-refractivity contribution >= 4 is 0 Å². The van der Waals surface area contributed by atoms with E-state index in [9.17, 15) is 0 Å². The van der Waals surface area contributed by atoms with E-state index in [1.807, 2.05) is 24.3 Å². The average Bonchev–Trinajstić information content (AvgIpc) is 2.06. The first kappa shape index (κ1) is 9.03. The van der Waals surface area contributed by atoms with E-state index in [4.69, 9.17) is 10.5 Å². The zero-order valence-corrected chi connectivity index (χ0v) is 6.79. The van der Waals surface area contributed by atoms with Crippen molar-refractivity contribution in [1.82, 2.24) is 0 Å². The Morgan fingerprint density at radius 1 is 1.33 bits per heavy atom. The van der Waals surface area contributed by atoms with Gasteiger partial charge in [0, 0.05) is 18.0 Å². The molecule has 0 aliphatic carbocycles. The summed E-state index contributed by atoms with van der Waals surface area (Å²) in [6.07, 6.45) is 0.928. The Morgan fingerprint density at radius 2 is 2.08 bits per heavy atom. The molecule has 1 unspecified atom stereocenters. The summed E-state index contributed by atoms with van der Waals surface area (Å²) < 4.78 is 5.41. The minimum Gasteiger partial charge on any atom is -0.493 e. The molecule has 1 aromatic rings. The third-order valence-corrected chi connectivity index (χ3v) is 2.00. The van der Waals surface area contributed by atoms with Crippen LogP contribution in [0.1, 0.15) is 18.0 Å². The highest BCUT2D eigenvalue weighted by atomic mass is 16.5. The fourth-order valence-corrected chi connectivity index (χ4v) is 1.37. The van der Waals surface area contributed by atoms with Gasteiger partial charge in [-0.15, -0.1) is 0 Å². The third kappa shape index (κ3) is 1.42. The van der Waals surface area contributed by atoms with Crippen molar-refractivity contribution in [3.63, 3.8) is 0 Å². The van der Waals surface area contributed by atoms with Crippen molar-refractivity contribution in [2.75, 3.05) is 6.61 Å². The summed E-state index contributed by atoms with van der Waals surface area (Å²) in [6.45, 7) is 0.748. The Hall–Kier alpha value is -1.06. The molecular formula is C9H13NO2. The Bertz CT molecular complexity index is 262. The summed E-state index contributed by atoms with van der Waals surface area (Å²) in [6, 6.07) is 8.12. The molecule has 3 heteroatoms. The van der Waals surface area contributed by atoms with Crippen LogP contribution in [0.25, 0.3) is 0 Å². The summed E-state index contributed by atoms with van der Waals surface area (Å²) in [5.74, 6) is 0.950. The van der Waals surface area contributed by atoms with Crippen LogP contribution in [0.15, 0.2) is 24.3 Å². The lowest BCUT2D eigenvalue weighted by Gasteiger charge is -2.22. The minimum atomic E-state index is 0. The second-order valence-electron chi connectivity index (χ2n) is 2.78. The van der Waals surface area contributed by atoms with E-state index in [1.54, 1.807) is 0 Å². The second-order valence-corrected chi connectivity index (χ2v) is 2.78. The topological polar surface area (TPSA) is 66.8 Å². The van der Waals surface area contributed by atoms with Crippen LogP contribution in [0.3, 0.4) is 0 Å². The zero-order valence-electron chi connectivity index (χ0n) is 6.79. The van der Waals surface area contributed by atoms with Crippen molar-refractivity contribution in [3.05, 3.63) is 29.8 Å². The number of benzene rings is 1. The maximum Gasteiger partial charge on any atom is 0.124 e. The zero-order chi connectivity index (χ0) is 7.68. The summed E-state index contributed by atoms with van der Waals surface area (Å²) in [4.78, 5) is 0. The molecule has 66 valence electrons. The van der Waals surface area contributed by atoms with Gasteiger partial charge in [-0.2, -0.15) is 0 Å². The van der Waals surface area contributed by atoms with Crippen molar-refractivity contribution in [3.8, 4) is 5.75 Å². The van der Waals surface area contributed by atoms with Gasteiger partial charge in [-0.3, -0.25) is 0 Å². The van der Waals surface area contributed by atoms with E-state index in [0.29, 0.717) is 0 Å². The second kappa shape index (κ2) is 3.56. The van der Waals surface area contributed by atoms with E-state index >= 15 is 0 Å². The van der Waals surface area contributed by atoms with E-state index in [1.165, 1.54) is 0 Å². The fraction of sp³-hybridized carbons (Fsp3) is 0.333. The van der Waals surface area contributed by atoms with Gasteiger partial charge in [0.1, 0.15) is 5.75 Å². The lowest BCUT2D eigenvalue weighted by molar-refractivity contribution is 0.269. The number of nitrogens with two attached hydrogens (primary N) is 1. The maximum absolute atomic E-state index is 5.87. The van der Waals surface area contributed by atoms with Crippen LogP contribution < -0.4 is 10.5 Å². The quantitative estimate of drug-likeness (QED) is 0.616.